The first-order valence-corrected chi connectivity index (χ1v) is 10.1. The smallest absolute Gasteiger partial charge is 0.306 e. The molecular formula is C22H32N2O5. The maximum Gasteiger partial charge on any atom is 0.306 e. The fourth-order valence-corrected chi connectivity index (χ4v) is 3.29. The van der Waals surface area contributed by atoms with Crippen molar-refractivity contribution in [2.24, 2.45) is 0 Å². The lowest BCUT2D eigenvalue weighted by molar-refractivity contribution is -0.146. The van der Waals surface area contributed by atoms with Gasteiger partial charge in [0.2, 0.25) is 5.91 Å². The maximum absolute atomic E-state index is 12.3. The SMILES string of the molecule is C=CCOC(CN1CCN(C(=O)CCC(=O)OCC)CC1)c1cccc(OC)c1. The van der Waals surface area contributed by atoms with E-state index >= 15 is 0 Å². The molecule has 1 aliphatic rings. The van der Waals surface area contributed by atoms with Gasteiger partial charge >= 0.3 is 5.97 Å². The fourth-order valence-electron chi connectivity index (χ4n) is 3.29. The Hall–Kier alpha value is -2.38. The topological polar surface area (TPSA) is 68.3 Å². The van der Waals surface area contributed by atoms with Crippen molar-refractivity contribution in [2.75, 3.05) is 53.0 Å². The highest BCUT2D eigenvalue weighted by Crippen LogP contribution is 2.24. The van der Waals surface area contributed by atoms with Crippen LogP contribution in [0.5, 0.6) is 5.75 Å². The summed E-state index contributed by atoms with van der Waals surface area (Å²) in [5.74, 6) is 0.483. The second-order valence-corrected chi connectivity index (χ2v) is 6.87. The van der Waals surface area contributed by atoms with Gasteiger partial charge in [-0.05, 0) is 24.6 Å². The molecule has 2 rings (SSSR count). The molecule has 0 aromatic heterocycles. The van der Waals surface area contributed by atoms with E-state index in [4.69, 9.17) is 14.2 Å². The van der Waals surface area contributed by atoms with Crippen molar-refractivity contribution in [1.29, 1.82) is 0 Å². The first kappa shape index (κ1) is 22.9. The molecule has 1 saturated heterocycles. The molecule has 1 atom stereocenters. The molecule has 0 saturated carbocycles. The summed E-state index contributed by atoms with van der Waals surface area (Å²) >= 11 is 0. The minimum absolute atomic E-state index is 0.00459. The van der Waals surface area contributed by atoms with Gasteiger partial charge in [-0.2, -0.15) is 0 Å². The van der Waals surface area contributed by atoms with Crippen LogP contribution in [0.1, 0.15) is 31.4 Å². The van der Waals surface area contributed by atoms with Crippen LogP contribution in [-0.4, -0.2) is 74.7 Å². The maximum atomic E-state index is 12.3. The van der Waals surface area contributed by atoms with Gasteiger partial charge < -0.3 is 19.1 Å². The summed E-state index contributed by atoms with van der Waals surface area (Å²) < 4.78 is 16.2. The molecule has 0 spiro atoms. The van der Waals surface area contributed by atoms with Crippen molar-refractivity contribution < 1.29 is 23.8 Å². The number of rotatable bonds is 11. The molecule has 29 heavy (non-hydrogen) atoms. The van der Waals surface area contributed by atoms with Crippen LogP contribution in [0.3, 0.4) is 0 Å². The molecule has 0 N–H and O–H groups in total. The summed E-state index contributed by atoms with van der Waals surface area (Å²) in [6.07, 6.45) is 1.98. The average Bonchev–Trinajstić information content (AvgIpc) is 2.75. The number of piperazine rings is 1. The van der Waals surface area contributed by atoms with Gasteiger partial charge in [0.05, 0.1) is 32.8 Å². The molecule has 1 heterocycles. The van der Waals surface area contributed by atoms with E-state index in [-0.39, 0.29) is 30.8 Å². The van der Waals surface area contributed by atoms with Crippen LogP contribution >= 0.6 is 0 Å². The number of amides is 1. The molecule has 0 radical (unpaired) electrons. The number of carbonyl (C=O) groups is 2. The molecule has 1 amide bonds. The van der Waals surface area contributed by atoms with E-state index in [9.17, 15) is 9.59 Å². The molecule has 1 aliphatic heterocycles. The molecule has 7 heteroatoms. The number of hydrogen-bond acceptors (Lipinski definition) is 6. The predicted molar refractivity (Wildman–Crippen MR) is 111 cm³/mol. The second kappa shape index (κ2) is 12.2. The Kier molecular flexibility index (Phi) is 9.67. The van der Waals surface area contributed by atoms with E-state index in [1.165, 1.54) is 0 Å². The lowest BCUT2D eigenvalue weighted by Crippen LogP contribution is -2.49. The number of methoxy groups -OCH3 is 1. The lowest BCUT2D eigenvalue weighted by Gasteiger charge is -2.36. The number of ether oxygens (including phenoxy) is 3. The van der Waals surface area contributed by atoms with Gasteiger partial charge in [-0.1, -0.05) is 18.2 Å². The van der Waals surface area contributed by atoms with Crippen molar-refractivity contribution in [3.05, 3.63) is 42.5 Å². The molecular weight excluding hydrogens is 372 g/mol. The molecule has 1 fully saturated rings. The molecule has 1 aromatic carbocycles. The summed E-state index contributed by atoms with van der Waals surface area (Å²) in [4.78, 5) is 27.9. The molecule has 1 unspecified atom stereocenters. The van der Waals surface area contributed by atoms with Crippen LogP contribution in [0, 0.1) is 0 Å². The molecule has 1 aromatic rings. The monoisotopic (exact) mass is 404 g/mol. The van der Waals surface area contributed by atoms with Crippen molar-refractivity contribution in [1.82, 2.24) is 9.80 Å². The molecule has 7 nitrogen and oxygen atoms in total. The predicted octanol–water partition coefficient (Wildman–Crippen LogP) is 2.43. The van der Waals surface area contributed by atoms with Gasteiger partial charge in [0.25, 0.3) is 0 Å². The Morgan fingerprint density at radius 2 is 1.97 bits per heavy atom. The van der Waals surface area contributed by atoms with E-state index in [0.29, 0.717) is 26.3 Å². The Morgan fingerprint density at radius 3 is 2.62 bits per heavy atom. The number of carbonyl (C=O) groups excluding carboxylic acids is 2. The molecule has 0 aliphatic carbocycles. The van der Waals surface area contributed by atoms with Gasteiger partial charge in [0.1, 0.15) is 5.75 Å². The van der Waals surface area contributed by atoms with Crippen molar-refractivity contribution in [3.8, 4) is 5.75 Å². The summed E-state index contributed by atoms with van der Waals surface area (Å²) in [5.41, 5.74) is 1.05. The Labute approximate surface area is 173 Å². The third-order valence-electron chi connectivity index (χ3n) is 4.88. The van der Waals surface area contributed by atoms with Crippen LogP contribution in [0.15, 0.2) is 36.9 Å². The summed E-state index contributed by atoms with van der Waals surface area (Å²) in [5, 5.41) is 0. The van der Waals surface area contributed by atoms with Crippen LogP contribution in [-0.2, 0) is 19.1 Å². The van der Waals surface area contributed by atoms with Gasteiger partial charge in [-0.25, -0.2) is 0 Å². The normalized spacial score (nSPS) is 15.6. The van der Waals surface area contributed by atoms with Gasteiger partial charge in [-0.15, -0.1) is 6.58 Å². The quantitative estimate of drug-likeness (QED) is 0.417. The van der Waals surface area contributed by atoms with E-state index in [1.54, 1.807) is 20.1 Å². The largest absolute Gasteiger partial charge is 0.497 e. The first-order valence-electron chi connectivity index (χ1n) is 10.1. The minimum atomic E-state index is -0.319. The molecule has 160 valence electrons. The number of benzene rings is 1. The van der Waals surface area contributed by atoms with Crippen LogP contribution in [0.25, 0.3) is 0 Å². The highest BCUT2D eigenvalue weighted by molar-refractivity contribution is 5.81. The van der Waals surface area contributed by atoms with Crippen molar-refractivity contribution in [3.63, 3.8) is 0 Å². The van der Waals surface area contributed by atoms with E-state index in [1.807, 2.05) is 29.2 Å². The minimum Gasteiger partial charge on any atom is -0.497 e. The first-order chi connectivity index (χ1) is 14.1. The number of nitrogens with zero attached hydrogens (tertiary/aromatic N) is 2. The third-order valence-corrected chi connectivity index (χ3v) is 4.88. The van der Waals surface area contributed by atoms with E-state index < -0.39 is 0 Å². The summed E-state index contributed by atoms with van der Waals surface area (Å²) in [6, 6.07) is 7.89. The third kappa shape index (κ3) is 7.51. The van der Waals surface area contributed by atoms with Crippen molar-refractivity contribution in [2.45, 2.75) is 25.9 Å². The number of hydrogen-bond donors (Lipinski definition) is 0. The van der Waals surface area contributed by atoms with Gasteiger partial charge in [0, 0.05) is 39.1 Å². The van der Waals surface area contributed by atoms with Crippen molar-refractivity contribution >= 4 is 11.9 Å². The zero-order chi connectivity index (χ0) is 21.1. The fraction of sp³-hybridized carbons (Fsp3) is 0.545. The Bertz CT molecular complexity index is 671. The summed E-state index contributed by atoms with van der Waals surface area (Å²) in [7, 11) is 1.65. The summed E-state index contributed by atoms with van der Waals surface area (Å²) in [6.45, 7) is 9.86. The lowest BCUT2D eigenvalue weighted by atomic mass is 10.1. The Morgan fingerprint density at radius 1 is 1.21 bits per heavy atom. The number of esters is 1. The van der Waals surface area contributed by atoms with E-state index in [2.05, 4.69) is 11.5 Å². The zero-order valence-corrected chi connectivity index (χ0v) is 17.5. The zero-order valence-electron chi connectivity index (χ0n) is 17.5. The van der Waals surface area contributed by atoms with Crippen LogP contribution in [0.2, 0.25) is 0 Å². The van der Waals surface area contributed by atoms with Crippen LogP contribution in [0.4, 0.5) is 0 Å². The average molecular weight is 405 g/mol. The van der Waals surface area contributed by atoms with Crippen LogP contribution < -0.4 is 4.74 Å². The second-order valence-electron chi connectivity index (χ2n) is 6.87. The van der Waals surface area contributed by atoms with Gasteiger partial charge in [0.15, 0.2) is 0 Å². The van der Waals surface area contributed by atoms with Gasteiger partial charge in [-0.3, -0.25) is 14.5 Å². The Balaban J connectivity index is 1.86. The highest BCUT2D eigenvalue weighted by Gasteiger charge is 2.24. The van der Waals surface area contributed by atoms with E-state index in [0.717, 1.165) is 30.9 Å². The molecule has 0 bridgehead atoms. The standard InChI is InChI=1S/C22H32N2O5/c1-4-15-29-20(18-7-6-8-19(16-18)27-3)17-23-11-13-24(14-12-23)21(25)9-10-22(26)28-5-2/h4,6-8,16,20H,1,5,9-15,17H2,2-3H3. The highest BCUT2D eigenvalue weighted by atomic mass is 16.5.